The van der Waals surface area contributed by atoms with Gasteiger partial charge in [0.15, 0.2) is 16.1 Å². The fourth-order valence-corrected chi connectivity index (χ4v) is 2.89. The van der Waals surface area contributed by atoms with Crippen molar-refractivity contribution < 1.29 is 13.2 Å². The third-order valence-electron chi connectivity index (χ3n) is 2.59. The molecule has 0 spiro atoms. The van der Waals surface area contributed by atoms with Gasteiger partial charge < -0.3 is 4.90 Å². The van der Waals surface area contributed by atoms with Gasteiger partial charge in [-0.05, 0) is 12.1 Å². The van der Waals surface area contributed by atoms with E-state index in [1.807, 2.05) is 4.90 Å². The van der Waals surface area contributed by atoms with Crippen molar-refractivity contribution in [3.05, 3.63) is 23.9 Å². The van der Waals surface area contributed by atoms with Gasteiger partial charge in [0.05, 0.1) is 17.1 Å². The van der Waals surface area contributed by atoms with Crippen LogP contribution in [0.15, 0.2) is 18.3 Å². The van der Waals surface area contributed by atoms with E-state index in [1.165, 1.54) is 0 Å². The van der Waals surface area contributed by atoms with E-state index in [4.69, 9.17) is 0 Å². The van der Waals surface area contributed by atoms with Gasteiger partial charge in [0.2, 0.25) is 0 Å². The van der Waals surface area contributed by atoms with Crippen LogP contribution in [0.3, 0.4) is 0 Å². The SMILES string of the molecule is O=Cc1cccnc1N1CCS(=O)(=O)CC1. The molecule has 0 bridgehead atoms. The molecule has 1 fully saturated rings. The molecular formula is C10H12N2O3S. The zero-order valence-electron chi connectivity index (χ0n) is 8.67. The fraction of sp³-hybridized carbons (Fsp3) is 0.400. The number of rotatable bonds is 2. The van der Waals surface area contributed by atoms with Gasteiger partial charge in [0.1, 0.15) is 5.82 Å². The summed E-state index contributed by atoms with van der Waals surface area (Å²) >= 11 is 0. The van der Waals surface area contributed by atoms with Gasteiger partial charge in [-0.3, -0.25) is 4.79 Å². The van der Waals surface area contributed by atoms with Gasteiger partial charge in [0.25, 0.3) is 0 Å². The minimum Gasteiger partial charge on any atom is -0.354 e. The third kappa shape index (κ3) is 2.21. The molecule has 0 aliphatic carbocycles. The summed E-state index contributed by atoms with van der Waals surface area (Å²) in [7, 11) is -2.90. The quantitative estimate of drug-likeness (QED) is 0.687. The lowest BCUT2D eigenvalue weighted by Crippen LogP contribution is -2.41. The van der Waals surface area contributed by atoms with E-state index in [9.17, 15) is 13.2 Å². The lowest BCUT2D eigenvalue weighted by Gasteiger charge is -2.28. The van der Waals surface area contributed by atoms with Crippen LogP contribution in [0, 0.1) is 0 Å². The molecule has 2 rings (SSSR count). The highest BCUT2D eigenvalue weighted by molar-refractivity contribution is 7.91. The Hall–Kier alpha value is -1.43. The van der Waals surface area contributed by atoms with E-state index < -0.39 is 9.84 Å². The molecule has 1 aromatic rings. The van der Waals surface area contributed by atoms with Crippen LogP contribution in [-0.4, -0.2) is 44.3 Å². The molecule has 5 nitrogen and oxygen atoms in total. The number of sulfone groups is 1. The van der Waals surface area contributed by atoms with Crippen LogP contribution >= 0.6 is 0 Å². The van der Waals surface area contributed by atoms with Gasteiger partial charge in [-0.2, -0.15) is 0 Å². The predicted molar refractivity (Wildman–Crippen MR) is 60.5 cm³/mol. The van der Waals surface area contributed by atoms with Crippen LogP contribution in [0.2, 0.25) is 0 Å². The maximum atomic E-state index is 11.3. The summed E-state index contributed by atoms with van der Waals surface area (Å²) in [6, 6.07) is 3.37. The Bertz CT molecular complexity index is 485. The average molecular weight is 240 g/mol. The minimum atomic E-state index is -2.90. The van der Waals surface area contributed by atoms with Crippen LogP contribution in [0.4, 0.5) is 5.82 Å². The fourth-order valence-electron chi connectivity index (χ4n) is 1.69. The number of hydrogen-bond donors (Lipinski definition) is 0. The lowest BCUT2D eigenvalue weighted by molar-refractivity contribution is 0.112. The van der Waals surface area contributed by atoms with Crippen molar-refractivity contribution >= 4 is 21.9 Å². The molecular weight excluding hydrogens is 228 g/mol. The standard InChI is InChI=1S/C10H12N2O3S/c13-8-9-2-1-3-11-10(9)12-4-6-16(14,15)7-5-12/h1-3,8H,4-7H2. The Labute approximate surface area is 94.0 Å². The van der Waals surface area contributed by atoms with Gasteiger partial charge in [-0.15, -0.1) is 0 Å². The molecule has 6 heteroatoms. The van der Waals surface area contributed by atoms with Gasteiger partial charge in [0, 0.05) is 19.3 Å². The van der Waals surface area contributed by atoms with Crippen LogP contribution < -0.4 is 4.90 Å². The monoisotopic (exact) mass is 240 g/mol. The van der Waals surface area contributed by atoms with E-state index in [0.717, 1.165) is 6.29 Å². The minimum absolute atomic E-state index is 0.127. The topological polar surface area (TPSA) is 67.3 Å². The highest BCUT2D eigenvalue weighted by Gasteiger charge is 2.23. The Balaban J connectivity index is 2.23. The van der Waals surface area contributed by atoms with Crippen molar-refractivity contribution in [3.63, 3.8) is 0 Å². The Morgan fingerprint density at radius 3 is 2.62 bits per heavy atom. The molecule has 0 saturated carbocycles. The molecule has 0 aromatic carbocycles. The third-order valence-corrected chi connectivity index (χ3v) is 4.20. The molecule has 0 atom stereocenters. The number of pyridine rings is 1. The summed E-state index contributed by atoms with van der Waals surface area (Å²) in [4.78, 5) is 16.8. The highest BCUT2D eigenvalue weighted by Crippen LogP contribution is 2.17. The molecule has 86 valence electrons. The van der Waals surface area contributed by atoms with E-state index >= 15 is 0 Å². The molecule has 0 N–H and O–H groups in total. The first-order chi connectivity index (χ1) is 7.62. The molecule has 2 heterocycles. The maximum absolute atomic E-state index is 11.3. The van der Waals surface area contributed by atoms with Crippen molar-refractivity contribution in [2.45, 2.75) is 0 Å². The lowest BCUT2D eigenvalue weighted by atomic mass is 10.2. The number of aromatic nitrogens is 1. The van der Waals surface area contributed by atoms with Gasteiger partial charge in [-0.25, -0.2) is 13.4 Å². The van der Waals surface area contributed by atoms with E-state index in [1.54, 1.807) is 18.3 Å². The summed E-state index contributed by atoms with van der Waals surface area (Å²) < 4.78 is 22.5. The second-order valence-corrected chi connectivity index (χ2v) is 5.98. The first-order valence-electron chi connectivity index (χ1n) is 4.98. The van der Waals surface area contributed by atoms with E-state index in [2.05, 4.69) is 4.98 Å². The predicted octanol–water partition coefficient (Wildman–Crippen LogP) is 0.129. The van der Waals surface area contributed by atoms with Crippen molar-refractivity contribution in [3.8, 4) is 0 Å². The Morgan fingerprint density at radius 1 is 1.31 bits per heavy atom. The smallest absolute Gasteiger partial charge is 0.153 e. The van der Waals surface area contributed by atoms with Crippen LogP contribution in [-0.2, 0) is 9.84 Å². The second kappa shape index (κ2) is 4.21. The normalized spacial score (nSPS) is 19.4. The Morgan fingerprint density at radius 2 is 2.00 bits per heavy atom. The number of carbonyl (C=O) groups excluding carboxylic acids is 1. The summed E-state index contributed by atoms with van der Waals surface area (Å²) in [6.45, 7) is 0.806. The summed E-state index contributed by atoms with van der Waals surface area (Å²) in [6.07, 6.45) is 2.34. The summed E-state index contributed by atoms with van der Waals surface area (Å²) in [5, 5.41) is 0. The van der Waals surface area contributed by atoms with Gasteiger partial charge in [-0.1, -0.05) is 0 Å². The zero-order valence-corrected chi connectivity index (χ0v) is 9.48. The molecule has 1 saturated heterocycles. The van der Waals surface area contributed by atoms with Crippen LogP contribution in [0.5, 0.6) is 0 Å². The summed E-state index contributed by atoms with van der Waals surface area (Å²) in [5.74, 6) is 0.830. The molecule has 0 radical (unpaired) electrons. The number of aldehydes is 1. The van der Waals surface area contributed by atoms with Crippen LogP contribution in [0.25, 0.3) is 0 Å². The second-order valence-electron chi connectivity index (χ2n) is 3.67. The first-order valence-corrected chi connectivity index (χ1v) is 6.80. The molecule has 1 aromatic heterocycles. The number of nitrogens with zero attached hydrogens (tertiary/aromatic N) is 2. The van der Waals surface area contributed by atoms with Crippen molar-refractivity contribution in [1.82, 2.24) is 4.98 Å². The van der Waals surface area contributed by atoms with Crippen LogP contribution in [0.1, 0.15) is 10.4 Å². The molecule has 1 aliphatic heterocycles. The first kappa shape index (κ1) is 11.1. The molecule has 0 amide bonds. The van der Waals surface area contributed by atoms with E-state index in [0.29, 0.717) is 24.5 Å². The van der Waals surface area contributed by atoms with Gasteiger partial charge >= 0.3 is 0 Å². The van der Waals surface area contributed by atoms with Crippen molar-refractivity contribution in [1.29, 1.82) is 0 Å². The average Bonchev–Trinajstić information content (AvgIpc) is 2.29. The van der Waals surface area contributed by atoms with E-state index in [-0.39, 0.29) is 11.5 Å². The van der Waals surface area contributed by atoms with Crippen molar-refractivity contribution in [2.75, 3.05) is 29.5 Å². The Kier molecular flexibility index (Phi) is 2.91. The molecule has 0 unspecified atom stereocenters. The number of hydrogen-bond acceptors (Lipinski definition) is 5. The zero-order chi connectivity index (χ0) is 11.6. The number of anilines is 1. The molecule has 1 aliphatic rings. The highest BCUT2D eigenvalue weighted by atomic mass is 32.2. The number of carbonyl (C=O) groups is 1. The largest absolute Gasteiger partial charge is 0.354 e. The molecule has 16 heavy (non-hydrogen) atoms. The summed E-state index contributed by atoms with van der Waals surface area (Å²) in [5.41, 5.74) is 0.502. The van der Waals surface area contributed by atoms with Crippen molar-refractivity contribution in [2.24, 2.45) is 0 Å². The maximum Gasteiger partial charge on any atom is 0.153 e.